The number of carboxylic acids is 1. The van der Waals surface area contributed by atoms with Crippen LogP contribution in [0.3, 0.4) is 0 Å². The first-order valence-corrected chi connectivity index (χ1v) is 6.95. The van der Waals surface area contributed by atoms with Gasteiger partial charge in [0.05, 0.1) is 0 Å². The molecule has 0 aromatic carbocycles. The summed E-state index contributed by atoms with van der Waals surface area (Å²) in [6, 6.07) is -1.23. The normalized spacial score (nSPS) is 18.6. The number of urea groups is 1. The first-order valence-electron chi connectivity index (χ1n) is 5.72. The maximum absolute atomic E-state index is 11.6. The lowest BCUT2D eigenvalue weighted by molar-refractivity contribution is -0.140. The van der Waals surface area contributed by atoms with Gasteiger partial charge in [-0.15, -0.1) is 0 Å². The molecule has 5 nitrogen and oxygen atoms in total. The number of hydrogen-bond acceptors (Lipinski definition) is 3. The molecular formula is C11H20N2O3S. The smallest absolute Gasteiger partial charge is 0.326 e. The average Bonchev–Trinajstić information content (AvgIpc) is 3.03. The van der Waals surface area contributed by atoms with Crippen molar-refractivity contribution < 1.29 is 14.7 Å². The summed E-state index contributed by atoms with van der Waals surface area (Å²) in [6.07, 6.45) is 4.25. The fourth-order valence-electron chi connectivity index (χ4n) is 1.54. The molecule has 3 N–H and O–H groups in total. The molecule has 1 fully saturated rings. The largest absolute Gasteiger partial charge is 0.480 e. The van der Waals surface area contributed by atoms with Gasteiger partial charge in [0.2, 0.25) is 0 Å². The Bertz CT molecular complexity index is 303. The molecule has 0 heterocycles. The zero-order valence-corrected chi connectivity index (χ0v) is 11.3. The second-order valence-electron chi connectivity index (χ2n) is 4.77. The van der Waals surface area contributed by atoms with Crippen LogP contribution in [0.5, 0.6) is 0 Å². The number of aliphatic carboxylic acids is 1. The van der Waals surface area contributed by atoms with Gasteiger partial charge in [-0.05, 0) is 25.0 Å². The first kappa shape index (κ1) is 14.2. The van der Waals surface area contributed by atoms with Gasteiger partial charge < -0.3 is 15.7 Å². The Morgan fingerprint density at radius 1 is 1.41 bits per heavy atom. The van der Waals surface area contributed by atoms with Crippen molar-refractivity contribution in [2.45, 2.75) is 37.5 Å². The van der Waals surface area contributed by atoms with E-state index in [-0.39, 0.29) is 10.7 Å². The molecule has 0 unspecified atom stereocenters. The van der Waals surface area contributed by atoms with Gasteiger partial charge >= 0.3 is 12.0 Å². The van der Waals surface area contributed by atoms with Crippen molar-refractivity contribution in [3.8, 4) is 0 Å². The van der Waals surface area contributed by atoms with Crippen LogP contribution in [0.4, 0.5) is 4.79 Å². The van der Waals surface area contributed by atoms with Crippen molar-refractivity contribution >= 4 is 23.8 Å². The van der Waals surface area contributed by atoms with Gasteiger partial charge in [0.25, 0.3) is 0 Å². The van der Waals surface area contributed by atoms with Gasteiger partial charge in [-0.3, -0.25) is 0 Å². The van der Waals surface area contributed by atoms with Crippen LogP contribution in [-0.2, 0) is 4.79 Å². The van der Waals surface area contributed by atoms with Crippen molar-refractivity contribution in [2.24, 2.45) is 5.92 Å². The Morgan fingerprint density at radius 3 is 2.35 bits per heavy atom. The Labute approximate surface area is 106 Å². The van der Waals surface area contributed by atoms with Crippen molar-refractivity contribution in [1.82, 2.24) is 10.6 Å². The number of carbonyl (C=O) groups excluding carboxylic acids is 1. The van der Waals surface area contributed by atoms with E-state index in [1.165, 1.54) is 0 Å². The maximum atomic E-state index is 11.6. The third-order valence-corrected chi connectivity index (χ3v) is 4.45. The SMILES string of the molecule is CSC1(CNC(=O)N[C@H](C(=O)O)C(C)C)CC1. The van der Waals surface area contributed by atoms with Gasteiger partial charge in [-0.25, -0.2) is 9.59 Å². The minimum atomic E-state index is -0.999. The molecule has 1 aliphatic rings. The summed E-state index contributed by atoms with van der Waals surface area (Å²) in [4.78, 5) is 22.5. The van der Waals surface area contributed by atoms with Crippen LogP contribution in [0.25, 0.3) is 0 Å². The van der Waals surface area contributed by atoms with E-state index < -0.39 is 18.0 Å². The zero-order valence-electron chi connectivity index (χ0n) is 10.4. The highest BCUT2D eigenvalue weighted by atomic mass is 32.2. The summed E-state index contributed by atoms with van der Waals surface area (Å²) in [5, 5.41) is 14.2. The summed E-state index contributed by atoms with van der Waals surface area (Å²) in [6.45, 7) is 4.14. The number of rotatable bonds is 6. The second-order valence-corrected chi connectivity index (χ2v) is 6.05. The number of hydrogen-bond donors (Lipinski definition) is 3. The fraction of sp³-hybridized carbons (Fsp3) is 0.818. The Balaban J connectivity index is 2.35. The van der Waals surface area contributed by atoms with E-state index in [2.05, 4.69) is 10.6 Å². The molecule has 1 rings (SSSR count). The minimum absolute atomic E-state index is 0.131. The molecule has 1 atom stereocenters. The molecule has 17 heavy (non-hydrogen) atoms. The minimum Gasteiger partial charge on any atom is -0.480 e. The van der Waals surface area contributed by atoms with E-state index in [4.69, 9.17) is 5.11 Å². The number of nitrogens with one attached hydrogen (secondary N) is 2. The van der Waals surface area contributed by atoms with E-state index in [1.54, 1.807) is 25.6 Å². The summed E-state index contributed by atoms with van der Waals surface area (Å²) >= 11 is 1.75. The van der Waals surface area contributed by atoms with Crippen molar-refractivity contribution in [3.63, 3.8) is 0 Å². The third-order valence-electron chi connectivity index (χ3n) is 3.03. The summed E-state index contributed by atoms with van der Waals surface area (Å²) < 4.78 is 0.188. The summed E-state index contributed by atoms with van der Waals surface area (Å²) in [7, 11) is 0. The van der Waals surface area contributed by atoms with Crippen molar-refractivity contribution in [2.75, 3.05) is 12.8 Å². The Hall–Kier alpha value is -0.910. The Kier molecular flexibility index (Phi) is 4.68. The molecule has 98 valence electrons. The molecule has 0 aliphatic heterocycles. The van der Waals surface area contributed by atoms with Gasteiger partial charge in [-0.1, -0.05) is 13.8 Å². The van der Waals surface area contributed by atoms with Crippen LogP contribution < -0.4 is 10.6 Å². The molecule has 0 spiro atoms. The quantitative estimate of drug-likeness (QED) is 0.672. The van der Waals surface area contributed by atoms with E-state index in [9.17, 15) is 9.59 Å². The second kappa shape index (κ2) is 5.62. The molecule has 0 saturated heterocycles. The molecule has 0 radical (unpaired) electrons. The lowest BCUT2D eigenvalue weighted by atomic mass is 10.1. The average molecular weight is 260 g/mol. The predicted molar refractivity (Wildman–Crippen MR) is 68.3 cm³/mol. The summed E-state index contributed by atoms with van der Waals surface area (Å²) in [5.41, 5.74) is 0. The lowest BCUT2D eigenvalue weighted by Gasteiger charge is -2.19. The lowest BCUT2D eigenvalue weighted by Crippen LogP contribution is -2.49. The number of amides is 2. The molecule has 1 saturated carbocycles. The highest BCUT2D eigenvalue weighted by Crippen LogP contribution is 2.46. The van der Waals surface area contributed by atoms with E-state index in [0.717, 1.165) is 12.8 Å². The van der Waals surface area contributed by atoms with Crippen molar-refractivity contribution in [1.29, 1.82) is 0 Å². The summed E-state index contributed by atoms with van der Waals surface area (Å²) in [5.74, 6) is -1.13. The molecule has 2 amide bonds. The molecule has 0 aromatic heterocycles. The molecule has 0 bridgehead atoms. The molecular weight excluding hydrogens is 240 g/mol. The van der Waals surface area contributed by atoms with Gasteiger partial charge in [0.1, 0.15) is 6.04 Å². The number of carbonyl (C=O) groups is 2. The standard InChI is InChI=1S/C11H20N2O3S/c1-7(2)8(9(14)15)13-10(16)12-6-11(17-3)4-5-11/h7-8H,4-6H2,1-3H3,(H,14,15)(H2,12,13,16)/t8-/m0/s1. The van der Waals surface area contributed by atoms with Gasteiger partial charge in [0.15, 0.2) is 0 Å². The van der Waals surface area contributed by atoms with Gasteiger partial charge in [-0.2, -0.15) is 11.8 Å². The third kappa shape index (κ3) is 4.11. The molecule has 0 aromatic rings. The fourth-order valence-corrected chi connectivity index (χ4v) is 2.27. The van der Waals surface area contributed by atoms with Gasteiger partial charge in [0, 0.05) is 11.3 Å². The Morgan fingerprint density at radius 2 is 2.00 bits per heavy atom. The van der Waals surface area contributed by atoms with Crippen LogP contribution in [0, 0.1) is 5.92 Å². The van der Waals surface area contributed by atoms with Crippen LogP contribution in [-0.4, -0.2) is 40.7 Å². The maximum Gasteiger partial charge on any atom is 0.326 e. The van der Waals surface area contributed by atoms with E-state index in [1.807, 2.05) is 6.26 Å². The van der Waals surface area contributed by atoms with Crippen LogP contribution >= 0.6 is 11.8 Å². The van der Waals surface area contributed by atoms with Crippen LogP contribution in [0.1, 0.15) is 26.7 Å². The van der Waals surface area contributed by atoms with Crippen LogP contribution in [0.15, 0.2) is 0 Å². The van der Waals surface area contributed by atoms with E-state index in [0.29, 0.717) is 6.54 Å². The monoisotopic (exact) mass is 260 g/mol. The molecule has 6 heteroatoms. The van der Waals surface area contributed by atoms with E-state index >= 15 is 0 Å². The van der Waals surface area contributed by atoms with Crippen LogP contribution in [0.2, 0.25) is 0 Å². The predicted octanol–water partition coefficient (Wildman–Crippen LogP) is 1.29. The number of thioether (sulfide) groups is 1. The highest BCUT2D eigenvalue weighted by molar-refractivity contribution is 8.00. The zero-order chi connectivity index (χ0) is 13.1. The first-order chi connectivity index (χ1) is 7.90. The highest BCUT2D eigenvalue weighted by Gasteiger charge is 2.42. The molecule has 1 aliphatic carbocycles. The topological polar surface area (TPSA) is 78.4 Å². The number of carboxylic acid groups (broad SMARTS) is 1. The van der Waals surface area contributed by atoms with Crippen molar-refractivity contribution in [3.05, 3.63) is 0 Å².